The number of carbonyl (C=O) groups excluding carboxylic acids is 2. The summed E-state index contributed by atoms with van der Waals surface area (Å²) in [6, 6.07) is 16.7. The molecule has 0 aliphatic heterocycles. The summed E-state index contributed by atoms with van der Waals surface area (Å²) in [5.74, 6) is -1.06. The van der Waals surface area contributed by atoms with Crippen LogP contribution in [0.2, 0.25) is 0 Å². The third-order valence-electron chi connectivity index (χ3n) is 4.80. The predicted molar refractivity (Wildman–Crippen MR) is 124 cm³/mol. The number of hydrogen-bond acceptors (Lipinski definition) is 5. The van der Waals surface area contributed by atoms with Crippen LogP contribution >= 0.6 is 0 Å². The van der Waals surface area contributed by atoms with Crippen molar-refractivity contribution in [1.82, 2.24) is 5.43 Å². The molecule has 0 radical (unpaired) electrons. The van der Waals surface area contributed by atoms with Crippen LogP contribution < -0.4 is 20.2 Å². The molecule has 0 atom stereocenters. The van der Waals surface area contributed by atoms with Gasteiger partial charge in [-0.1, -0.05) is 30.3 Å². The summed E-state index contributed by atoms with van der Waals surface area (Å²) in [4.78, 5) is 24.2. The first kappa shape index (κ1) is 23.5. The second kappa shape index (κ2) is 10.9. The number of amides is 2. The molecule has 0 saturated heterocycles. The van der Waals surface area contributed by atoms with Gasteiger partial charge < -0.3 is 14.8 Å². The lowest BCUT2D eigenvalue weighted by Crippen LogP contribution is -2.32. The topological polar surface area (TPSA) is 89.0 Å². The van der Waals surface area contributed by atoms with Gasteiger partial charge in [-0.25, -0.2) is 9.82 Å². The van der Waals surface area contributed by atoms with E-state index in [1.807, 2.05) is 32.0 Å². The van der Waals surface area contributed by atoms with E-state index in [-0.39, 0.29) is 12.4 Å². The summed E-state index contributed by atoms with van der Waals surface area (Å²) in [5.41, 5.74) is 5.95. The standard InChI is InChI=1S/C25H24FN3O4/c1-16-5-4-6-17(2)23(16)28-24(30)25(31)29-27-14-19-9-12-21(22(13-19)32-3)33-15-18-7-10-20(26)11-8-18/h4-14H,15H2,1-3H3,(H,28,30)(H,29,31)/b27-14-. The molecule has 0 aromatic heterocycles. The number of aryl methyl sites for hydroxylation is 2. The number of para-hydroxylation sites is 1. The lowest BCUT2D eigenvalue weighted by molar-refractivity contribution is -0.136. The molecule has 0 saturated carbocycles. The molecule has 2 N–H and O–H groups in total. The summed E-state index contributed by atoms with van der Waals surface area (Å²) < 4.78 is 24.1. The van der Waals surface area contributed by atoms with Crippen molar-refractivity contribution in [2.24, 2.45) is 5.10 Å². The molecule has 0 aliphatic carbocycles. The minimum absolute atomic E-state index is 0.246. The third-order valence-corrected chi connectivity index (χ3v) is 4.80. The van der Waals surface area contributed by atoms with Gasteiger partial charge in [-0.15, -0.1) is 0 Å². The first-order valence-corrected chi connectivity index (χ1v) is 10.1. The van der Waals surface area contributed by atoms with E-state index in [0.29, 0.717) is 22.7 Å². The number of rotatable bonds is 7. The second-order valence-corrected chi connectivity index (χ2v) is 7.25. The first-order valence-electron chi connectivity index (χ1n) is 10.1. The van der Waals surface area contributed by atoms with Crippen LogP contribution in [-0.2, 0) is 16.2 Å². The van der Waals surface area contributed by atoms with Crippen LogP contribution in [0.3, 0.4) is 0 Å². The van der Waals surface area contributed by atoms with E-state index in [2.05, 4.69) is 15.8 Å². The van der Waals surface area contributed by atoms with Crippen LogP contribution in [0.1, 0.15) is 22.3 Å². The number of hydrazone groups is 1. The smallest absolute Gasteiger partial charge is 0.329 e. The number of anilines is 1. The highest BCUT2D eigenvalue weighted by atomic mass is 19.1. The van der Waals surface area contributed by atoms with Gasteiger partial charge in [-0.3, -0.25) is 9.59 Å². The number of nitrogens with one attached hydrogen (secondary N) is 2. The summed E-state index contributed by atoms with van der Waals surface area (Å²) in [6.07, 6.45) is 1.39. The summed E-state index contributed by atoms with van der Waals surface area (Å²) in [7, 11) is 1.50. The third kappa shape index (κ3) is 6.39. The van der Waals surface area contributed by atoms with Crippen LogP contribution in [0.5, 0.6) is 11.5 Å². The van der Waals surface area contributed by atoms with E-state index in [1.54, 1.807) is 30.3 Å². The number of benzene rings is 3. The number of hydrogen-bond donors (Lipinski definition) is 2. The normalized spacial score (nSPS) is 10.7. The molecular weight excluding hydrogens is 425 g/mol. The van der Waals surface area contributed by atoms with Crippen molar-refractivity contribution in [2.45, 2.75) is 20.5 Å². The average molecular weight is 449 g/mol. The fraction of sp³-hybridized carbons (Fsp3) is 0.160. The van der Waals surface area contributed by atoms with Gasteiger partial charge in [0.1, 0.15) is 12.4 Å². The zero-order valence-corrected chi connectivity index (χ0v) is 18.5. The lowest BCUT2D eigenvalue weighted by Gasteiger charge is -2.11. The zero-order valence-electron chi connectivity index (χ0n) is 18.5. The lowest BCUT2D eigenvalue weighted by atomic mass is 10.1. The Morgan fingerprint density at radius 3 is 2.33 bits per heavy atom. The zero-order chi connectivity index (χ0) is 23.8. The highest BCUT2D eigenvalue weighted by Gasteiger charge is 2.15. The Hall–Kier alpha value is -4.20. The molecule has 3 aromatic carbocycles. The molecule has 3 rings (SSSR count). The molecule has 7 nitrogen and oxygen atoms in total. The maximum atomic E-state index is 13.0. The summed E-state index contributed by atoms with van der Waals surface area (Å²) >= 11 is 0. The number of nitrogens with zero attached hydrogens (tertiary/aromatic N) is 1. The molecular formula is C25H24FN3O4. The molecule has 0 fully saturated rings. The number of methoxy groups -OCH3 is 1. The first-order chi connectivity index (χ1) is 15.9. The SMILES string of the molecule is COc1cc(/C=N\NC(=O)C(=O)Nc2c(C)cccc2C)ccc1OCc1ccc(F)cc1. The Bertz CT molecular complexity index is 1160. The molecule has 0 aliphatic rings. The van der Waals surface area contributed by atoms with Gasteiger partial charge in [0, 0.05) is 5.69 Å². The van der Waals surface area contributed by atoms with Crippen molar-refractivity contribution in [1.29, 1.82) is 0 Å². The largest absolute Gasteiger partial charge is 0.493 e. The molecule has 170 valence electrons. The monoisotopic (exact) mass is 449 g/mol. The molecule has 2 amide bonds. The number of ether oxygens (including phenoxy) is 2. The van der Waals surface area contributed by atoms with Crippen LogP contribution in [0.4, 0.5) is 10.1 Å². The van der Waals surface area contributed by atoms with Crippen LogP contribution in [0, 0.1) is 19.7 Å². The van der Waals surface area contributed by atoms with E-state index in [4.69, 9.17) is 9.47 Å². The maximum Gasteiger partial charge on any atom is 0.329 e. The Kier molecular flexibility index (Phi) is 7.75. The fourth-order valence-corrected chi connectivity index (χ4v) is 3.02. The highest BCUT2D eigenvalue weighted by molar-refractivity contribution is 6.39. The fourth-order valence-electron chi connectivity index (χ4n) is 3.02. The minimum Gasteiger partial charge on any atom is -0.493 e. The summed E-state index contributed by atoms with van der Waals surface area (Å²) in [6.45, 7) is 3.94. The molecule has 0 heterocycles. The van der Waals surface area contributed by atoms with Gasteiger partial charge in [0.25, 0.3) is 0 Å². The van der Waals surface area contributed by atoms with Crippen LogP contribution in [-0.4, -0.2) is 25.1 Å². The minimum atomic E-state index is -0.889. The highest BCUT2D eigenvalue weighted by Crippen LogP contribution is 2.28. The molecule has 0 spiro atoms. The van der Waals surface area contributed by atoms with Crippen LogP contribution in [0.25, 0.3) is 0 Å². The number of carbonyl (C=O) groups is 2. The predicted octanol–water partition coefficient (Wildman–Crippen LogP) is 4.12. The van der Waals surface area contributed by atoms with Crippen molar-refractivity contribution >= 4 is 23.7 Å². The Morgan fingerprint density at radius 2 is 1.67 bits per heavy atom. The number of halogens is 1. The van der Waals surface area contributed by atoms with Gasteiger partial charge in [-0.2, -0.15) is 5.10 Å². The van der Waals surface area contributed by atoms with Crippen molar-refractivity contribution in [2.75, 3.05) is 12.4 Å². The molecule has 33 heavy (non-hydrogen) atoms. The molecule has 3 aromatic rings. The quantitative estimate of drug-likeness (QED) is 0.323. The molecule has 0 bridgehead atoms. The molecule has 0 unspecified atom stereocenters. The van der Waals surface area contributed by atoms with Crippen molar-refractivity contribution in [3.05, 3.63) is 88.7 Å². The van der Waals surface area contributed by atoms with E-state index >= 15 is 0 Å². The molecule has 8 heteroatoms. The Balaban J connectivity index is 1.58. The van der Waals surface area contributed by atoms with Gasteiger partial charge in [0.05, 0.1) is 13.3 Å². The van der Waals surface area contributed by atoms with Crippen molar-refractivity contribution < 1.29 is 23.5 Å². The van der Waals surface area contributed by atoms with E-state index in [1.165, 1.54) is 25.5 Å². The van der Waals surface area contributed by atoms with E-state index in [9.17, 15) is 14.0 Å². The second-order valence-electron chi connectivity index (χ2n) is 7.25. The Morgan fingerprint density at radius 1 is 0.970 bits per heavy atom. The average Bonchev–Trinajstić information content (AvgIpc) is 2.81. The van der Waals surface area contributed by atoms with Gasteiger partial charge in [0.15, 0.2) is 11.5 Å². The summed E-state index contributed by atoms with van der Waals surface area (Å²) in [5, 5.41) is 6.44. The van der Waals surface area contributed by atoms with Gasteiger partial charge in [0.2, 0.25) is 0 Å². The van der Waals surface area contributed by atoms with Gasteiger partial charge in [-0.05, 0) is 66.4 Å². The Labute approximate surface area is 191 Å². The van der Waals surface area contributed by atoms with Crippen molar-refractivity contribution in [3.63, 3.8) is 0 Å². The van der Waals surface area contributed by atoms with Crippen LogP contribution in [0.15, 0.2) is 65.8 Å². The van der Waals surface area contributed by atoms with E-state index < -0.39 is 11.8 Å². The maximum absolute atomic E-state index is 13.0. The van der Waals surface area contributed by atoms with Crippen molar-refractivity contribution in [3.8, 4) is 11.5 Å². The van der Waals surface area contributed by atoms with E-state index in [0.717, 1.165) is 16.7 Å². The van der Waals surface area contributed by atoms with Gasteiger partial charge >= 0.3 is 11.8 Å².